The van der Waals surface area contributed by atoms with Crippen LogP contribution in [0.25, 0.3) is 0 Å². The summed E-state index contributed by atoms with van der Waals surface area (Å²) in [6, 6.07) is 0.461. The average molecular weight is 184 g/mol. The zero-order chi connectivity index (χ0) is 10.0. The lowest BCUT2D eigenvalue weighted by atomic mass is 9.71. The molecule has 1 aliphatic carbocycles. The highest BCUT2D eigenvalue weighted by Gasteiger charge is 2.35. The fraction of sp³-hybridized carbons (Fsp3) is 0.900. The SMILES string of the molecule is CCN(C)C(=O)NC1CC(C)C1C. The highest BCUT2D eigenvalue weighted by atomic mass is 16.2. The van der Waals surface area contributed by atoms with Crippen LogP contribution in [0.3, 0.4) is 0 Å². The van der Waals surface area contributed by atoms with Gasteiger partial charge in [0.05, 0.1) is 0 Å². The molecule has 0 aromatic heterocycles. The molecule has 0 aromatic carbocycles. The predicted molar refractivity (Wildman–Crippen MR) is 53.6 cm³/mol. The fourth-order valence-electron chi connectivity index (χ4n) is 1.63. The Morgan fingerprint density at radius 2 is 2.15 bits per heavy atom. The normalized spacial score (nSPS) is 32.2. The van der Waals surface area contributed by atoms with Gasteiger partial charge in [0.25, 0.3) is 0 Å². The van der Waals surface area contributed by atoms with Crippen LogP contribution < -0.4 is 5.32 Å². The molecule has 1 saturated carbocycles. The Bertz CT molecular complexity index is 193. The Morgan fingerprint density at radius 3 is 2.54 bits per heavy atom. The molecule has 0 aliphatic heterocycles. The summed E-state index contributed by atoms with van der Waals surface area (Å²) in [4.78, 5) is 13.1. The molecule has 3 unspecified atom stereocenters. The van der Waals surface area contributed by atoms with Crippen LogP contribution in [-0.4, -0.2) is 30.6 Å². The summed E-state index contributed by atoms with van der Waals surface area (Å²) in [5.41, 5.74) is 0. The van der Waals surface area contributed by atoms with Crippen molar-refractivity contribution in [3.63, 3.8) is 0 Å². The van der Waals surface area contributed by atoms with E-state index < -0.39 is 0 Å². The van der Waals surface area contributed by atoms with E-state index in [-0.39, 0.29) is 6.03 Å². The van der Waals surface area contributed by atoms with Gasteiger partial charge >= 0.3 is 6.03 Å². The second-order valence-corrected chi connectivity index (χ2v) is 4.14. The van der Waals surface area contributed by atoms with Crippen molar-refractivity contribution >= 4 is 6.03 Å². The Hall–Kier alpha value is -0.730. The zero-order valence-electron chi connectivity index (χ0n) is 9.00. The molecule has 3 heteroatoms. The van der Waals surface area contributed by atoms with Crippen molar-refractivity contribution in [2.24, 2.45) is 11.8 Å². The molecule has 0 bridgehead atoms. The minimum absolute atomic E-state index is 0.0613. The van der Waals surface area contributed by atoms with Gasteiger partial charge in [-0.15, -0.1) is 0 Å². The molecule has 1 rings (SSSR count). The number of hydrogen-bond donors (Lipinski definition) is 1. The highest BCUT2D eigenvalue weighted by molar-refractivity contribution is 5.74. The van der Waals surface area contributed by atoms with Gasteiger partial charge in [0, 0.05) is 19.6 Å². The molecule has 76 valence electrons. The Kier molecular flexibility index (Phi) is 3.17. The Balaban J connectivity index is 2.30. The van der Waals surface area contributed by atoms with Crippen molar-refractivity contribution in [1.29, 1.82) is 0 Å². The lowest BCUT2D eigenvalue weighted by Crippen LogP contribution is -2.53. The third kappa shape index (κ3) is 2.14. The first-order valence-corrected chi connectivity index (χ1v) is 5.07. The van der Waals surface area contributed by atoms with E-state index in [1.54, 1.807) is 4.90 Å². The molecule has 1 aliphatic rings. The van der Waals surface area contributed by atoms with E-state index in [1.807, 2.05) is 14.0 Å². The van der Waals surface area contributed by atoms with E-state index in [0.29, 0.717) is 12.0 Å². The molecule has 0 saturated heterocycles. The minimum atomic E-state index is 0.0613. The van der Waals surface area contributed by atoms with Crippen LogP contribution in [0, 0.1) is 11.8 Å². The third-order valence-electron chi connectivity index (χ3n) is 3.29. The quantitative estimate of drug-likeness (QED) is 0.696. The number of nitrogens with zero attached hydrogens (tertiary/aromatic N) is 1. The standard InChI is InChI=1S/C10H20N2O/c1-5-12(4)10(13)11-9-6-7(2)8(9)3/h7-9H,5-6H2,1-4H3,(H,11,13). The third-order valence-corrected chi connectivity index (χ3v) is 3.29. The van der Waals surface area contributed by atoms with Crippen LogP contribution in [0.5, 0.6) is 0 Å². The van der Waals surface area contributed by atoms with Crippen LogP contribution in [0.2, 0.25) is 0 Å². The number of carbonyl (C=O) groups is 1. The van der Waals surface area contributed by atoms with Gasteiger partial charge in [0.2, 0.25) is 0 Å². The molecule has 3 nitrogen and oxygen atoms in total. The van der Waals surface area contributed by atoms with Crippen molar-refractivity contribution in [3.05, 3.63) is 0 Å². The second-order valence-electron chi connectivity index (χ2n) is 4.14. The second kappa shape index (κ2) is 3.99. The molecule has 0 heterocycles. The van der Waals surface area contributed by atoms with Crippen molar-refractivity contribution in [2.75, 3.05) is 13.6 Å². The molecule has 0 spiro atoms. The minimum Gasteiger partial charge on any atom is -0.335 e. The van der Waals surface area contributed by atoms with Gasteiger partial charge in [-0.2, -0.15) is 0 Å². The Labute approximate surface area is 80.5 Å². The van der Waals surface area contributed by atoms with Gasteiger partial charge in [-0.1, -0.05) is 13.8 Å². The van der Waals surface area contributed by atoms with Gasteiger partial charge in [-0.25, -0.2) is 4.79 Å². The van der Waals surface area contributed by atoms with E-state index in [9.17, 15) is 4.79 Å². The van der Waals surface area contributed by atoms with E-state index in [2.05, 4.69) is 19.2 Å². The first-order valence-electron chi connectivity index (χ1n) is 5.07. The van der Waals surface area contributed by atoms with E-state index in [4.69, 9.17) is 0 Å². The summed E-state index contributed by atoms with van der Waals surface area (Å²) in [5, 5.41) is 3.03. The average Bonchev–Trinajstić information content (AvgIpc) is 2.15. The van der Waals surface area contributed by atoms with Crippen LogP contribution in [-0.2, 0) is 0 Å². The van der Waals surface area contributed by atoms with Crippen LogP contribution in [0.4, 0.5) is 4.79 Å². The lowest BCUT2D eigenvalue weighted by molar-refractivity contribution is 0.131. The van der Waals surface area contributed by atoms with E-state index in [0.717, 1.165) is 18.9 Å². The zero-order valence-corrected chi connectivity index (χ0v) is 9.00. The van der Waals surface area contributed by atoms with Crippen LogP contribution in [0.15, 0.2) is 0 Å². The molecule has 1 N–H and O–H groups in total. The monoisotopic (exact) mass is 184 g/mol. The summed E-state index contributed by atoms with van der Waals surface area (Å²) in [5.74, 6) is 1.39. The molecular weight excluding hydrogens is 164 g/mol. The van der Waals surface area contributed by atoms with Crippen molar-refractivity contribution in [2.45, 2.75) is 33.2 Å². The van der Waals surface area contributed by atoms with E-state index >= 15 is 0 Å². The molecule has 13 heavy (non-hydrogen) atoms. The Morgan fingerprint density at radius 1 is 1.54 bits per heavy atom. The first-order chi connectivity index (χ1) is 6.06. The maximum atomic E-state index is 11.4. The number of carbonyl (C=O) groups excluding carboxylic acids is 1. The molecule has 0 radical (unpaired) electrons. The molecule has 2 amide bonds. The largest absolute Gasteiger partial charge is 0.335 e. The van der Waals surface area contributed by atoms with Gasteiger partial charge < -0.3 is 10.2 Å². The molecule has 1 fully saturated rings. The number of urea groups is 1. The van der Waals surface area contributed by atoms with Gasteiger partial charge in [0.15, 0.2) is 0 Å². The van der Waals surface area contributed by atoms with Crippen molar-refractivity contribution in [3.8, 4) is 0 Å². The fourth-order valence-corrected chi connectivity index (χ4v) is 1.63. The number of nitrogens with one attached hydrogen (secondary N) is 1. The van der Waals surface area contributed by atoms with Crippen LogP contribution >= 0.6 is 0 Å². The number of rotatable bonds is 2. The summed E-state index contributed by atoms with van der Waals surface area (Å²) in [6.07, 6.45) is 1.13. The maximum absolute atomic E-state index is 11.4. The van der Waals surface area contributed by atoms with Crippen molar-refractivity contribution < 1.29 is 4.79 Å². The summed E-state index contributed by atoms with van der Waals surface area (Å²) in [6.45, 7) is 7.18. The molecule has 3 atom stereocenters. The summed E-state index contributed by atoms with van der Waals surface area (Å²) >= 11 is 0. The van der Waals surface area contributed by atoms with Gasteiger partial charge in [-0.05, 0) is 25.2 Å². The summed E-state index contributed by atoms with van der Waals surface area (Å²) < 4.78 is 0. The van der Waals surface area contributed by atoms with Crippen molar-refractivity contribution in [1.82, 2.24) is 10.2 Å². The topological polar surface area (TPSA) is 32.3 Å². The molecule has 0 aromatic rings. The first kappa shape index (κ1) is 10.4. The predicted octanol–water partition coefficient (Wildman–Crippen LogP) is 1.69. The maximum Gasteiger partial charge on any atom is 0.317 e. The lowest BCUT2D eigenvalue weighted by Gasteiger charge is -2.41. The van der Waals surface area contributed by atoms with E-state index in [1.165, 1.54) is 0 Å². The van der Waals surface area contributed by atoms with Gasteiger partial charge in [0.1, 0.15) is 0 Å². The van der Waals surface area contributed by atoms with Gasteiger partial charge in [-0.3, -0.25) is 0 Å². The highest BCUT2D eigenvalue weighted by Crippen LogP contribution is 2.33. The number of amides is 2. The molecular formula is C10H20N2O. The number of hydrogen-bond acceptors (Lipinski definition) is 1. The summed E-state index contributed by atoms with van der Waals surface area (Å²) in [7, 11) is 1.82. The smallest absolute Gasteiger partial charge is 0.317 e. The van der Waals surface area contributed by atoms with Crippen LogP contribution in [0.1, 0.15) is 27.2 Å².